The van der Waals surface area contributed by atoms with Crippen LogP contribution >= 0.6 is 0 Å². The van der Waals surface area contributed by atoms with Gasteiger partial charge in [-0.15, -0.1) is 0 Å². The molecule has 0 saturated carbocycles. The van der Waals surface area contributed by atoms with Gasteiger partial charge in [-0.25, -0.2) is 0 Å². The number of unbranched alkanes of at least 4 members (excludes halogenated alkanes) is 1. The van der Waals surface area contributed by atoms with E-state index in [-0.39, 0.29) is 6.61 Å². The van der Waals surface area contributed by atoms with E-state index in [1.54, 1.807) is 24.3 Å². The van der Waals surface area contributed by atoms with Crippen molar-refractivity contribution in [2.24, 2.45) is 0 Å². The van der Waals surface area contributed by atoms with Crippen LogP contribution in [0, 0.1) is 0 Å². The predicted molar refractivity (Wildman–Crippen MR) is 64.3 cm³/mol. The summed E-state index contributed by atoms with van der Waals surface area (Å²) in [6.07, 6.45) is 2.34. The molecule has 0 radical (unpaired) electrons. The lowest BCUT2D eigenvalue weighted by Gasteiger charge is -2.08. The van der Waals surface area contributed by atoms with E-state index in [9.17, 15) is 4.79 Å². The van der Waals surface area contributed by atoms with Crippen LogP contribution in [0.2, 0.25) is 0 Å². The minimum absolute atomic E-state index is 0.192. The standard InChI is InChI=1S/C13H18O4/c14-9-11-4-3-6-13(8-11)17-7-2-1-5-12(16)10-15/h3-4,6,8-9,12,15-16H,1-2,5,7,10H2/t12-/m1/s1. The number of aliphatic hydroxyl groups is 2. The molecular formula is C13H18O4. The Hall–Kier alpha value is -1.39. The topological polar surface area (TPSA) is 66.8 Å². The van der Waals surface area contributed by atoms with Gasteiger partial charge in [-0.1, -0.05) is 12.1 Å². The Labute approximate surface area is 101 Å². The number of aliphatic hydroxyl groups excluding tert-OH is 2. The molecule has 0 amide bonds. The van der Waals surface area contributed by atoms with Crippen molar-refractivity contribution in [3.8, 4) is 5.75 Å². The summed E-state index contributed by atoms with van der Waals surface area (Å²) in [5.74, 6) is 0.678. The zero-order valence-corrected chi connectivity index (χ0v) is 9.71. The molecule has 2 N–H and O–H groups in total. The van der Waals surface area contributed by atoms with Crippen molar-refractivity contribution < 1.29 is 19.7 Å². The van der Waals surface area contributed by atoms with E-state index in [4.69, 9.17) is 14.9 Å². The van der Waals surface area contributed by atoms with Gasteiger partial charge in [-0.05, 0) is 31.4 Å². The number of ether oxygens (including phenoxy) is 1. The van der Waals surface area contributed by atoms with Crippen LogP contribution in [0.1, 0.15) is 29.6 Å². The summed E-state index contributed by atoms with van der Waals surface area (Å²) in [6.45, 7) is 0.350. The van der Waals surface area contributed by atoms with E-state index in [2.05, 4.69) is 0 Å². The zero-order valence-electron chi connectivity index (χ0n) is 9.71. The van der Waals surface area contributed by atoms with Crippen LogP contribution in [0.15, 0.2) is 24.3 Å². The second kappa shape index (κ2) is 7.81. The first-order valence-corrected chi connectivity index (χ1v) is 5.73. The van der Waals surface area contributed by atoms with Gasteiger partial charge in [0.15, 0.2) is 0 Å². The lowest BCUT2D eigenvalue weighted by molar-refractivity contribution is 0.0851. The average Bonchev–Trinajstić information content (AvgIpc) is 2.38. The number of aldehydes is 1. The highest BCUT2D eigenvalue weighted by atomic mass is 16.5. The highest BCUT2D eigenvalue weighted by Crippen LogP contribution is 2.12. The summed E-state index contributed by atoms with van der Waals surface area (Å²) in [5.41, 5.74) is 0.596. The van der Waals surface area contributed by atoms with E-state index in [0.717, 1.165) is 19.1 Å². The third-order valence-electron chi connectivity index (χ3n) is 2.41. The van der Waals surface area contributed by atoms with Crippen LogP contribution in [0.3, 0.4) is 0 Å². The molecule has 1 atom stereocenters. The second-order valence-electron chi connectivity index (χ2n) is 3.87. The maximum Gasteiger partial charge on any atom is 0.150 e. The molecule has 0 bridgehead atoms. The summed E-state index contributed by atoms with van der Waals surface area (Å²) in [4.78, 5) is 10.5. The zero-order chi connectivity index (χ0) is 12.5. The first kappa shape index (κ1) is 13.7. The van der Waals surface area contributed by atoms with Crippen LogP contribution in [-0.4, -0.2) is 35.8 Å². The van der Waals surface area contributed by atoms with Crippen molar-refractivity contribution in [1.29, 1.82) is 0 Å². The van der Waals surface area contributed by atoms with Gasteiger partial charge in [0.05, 0.1) is 19.3 Å². The Morgan fingerprint density at radius 3 is 2.88 bits per heavy atom. The molecule has 0 aliphatic rings. The maximum atomic E-state index is 10.5. The van der Waals surface area contributed by atoms with E-state index in [0.29, 0.717) is 24.3 Å². The van der Waals surface area contributed by atoms with E-state index in [1.165, 1.54) is 0 Å². The smallest absolute Gasteiger partial charge is 0.150 e. The molecule has 1 rings (SSSR count). The van der Waals surface area contributed by atoms with Crippen molar-refractivity contribution >= 4 is 6.29 Å². The van der Waals surface area contributed by atoms with Gasteiger partial charge in [-0.3, -0.25) is 4.79 Å². The summed E-state index contributed by atoms with van der Waals surface area (Å²) >= 11 is 0. The van der Waals surface area contributed by atoms with Crippen molar-refractivity contribution in [2.45, 2.75) is 25.4 Å². The van der Waals surface area contributed by atoms with Crippen LogP contribution in [0.25, 0.3) is 0 Å². The third-order valence-corrected chi connectivity index (χ3v) is 2.41. The fourth-order valence-corrected chi connectivity index (χ4v) is 1.44. The maximum absolute atomic E-state index is 10.5. The molecule has 17 heavy (non-hydrogen) atoms. The van der Waals surface area contributed by atoms with Crippen LogP contribution in [0.5, 0.6) is 5.75 Å². The molecule has 4 heteroatoms. The SMILES string of the molecule is O=Cc1cccc(OCCCC[C@@H](O)CO)c1. The average molecular weight is 238 g/mol. The third kappa shape index (κ3) is 5.47. The van der Waals surface area contributed by atoms with Gasteiger partial charge in [-0.2, -0.15) is 0 Å². The van der Waals surface area contributed by atoms with Gasteiger partial charge in [0.25, 0.3) is 0 Å². The summed E-state index contributed by atoms with van der Waals surface area (Å²) in [5, 5.41) is 17.7. The van der Waals surface area contributed by atoms with Gasteiger partial charge in [0.1, 0.15) is 12.0 Å². The van der Waals surface area contributed by atoms with Gasteiger partial charge < -0.3 is 14.9 Å². The van der Waals surface area contributed by atoms with Crippen LogP contribution < -0.4 is 4.74 Å². The minimum Gasteiger partial charge on any atom is -0.494 e. The summed E-state index contributed by atoms with van der Waals surface area (Å²) in [6, 6.07) is 6.98. The Balaban J connectivity index is 2.19. The Morgan fingerprint density at radius 1 is 1.35 bits per heavy atom. The Bertz CT molecular complexity index is 338. The predicted octanol–water partition coefficient (Wildman–Crippen LogP) is 1.40. The Kier molecular flexibility index (Phi) is 6.29. The lowest BCUT2D eigenvalue weighted by Crippen LogP contribution is -2.11. The molecule has 0 fully saturated rings. The highest BCUT2D eigenvalue weighted by Gasteiger charge is 2.01. The lowest BCUT2D eigenvalue weighted by atomic mass is 10.2. The first-order valence-electron chi connectivity index (χ1n) is 5.73. The molecule has 0 heterocycles. The van der Waals surface area contributed by atoms with Crippen molar-refractivity contribution in [3.05, 3.63) is 29.8 Å². The highest BCUT2D eigenvalue weighted by molar-refractivity contribution is 5.75. The normalized spacial score (nSPS) is 12.1. The molecule has 94 valence electrons. The fourth-order valence-electron chi connectivity index (χ4n) is 1.44. The van der Waals surface area contributed by atoms with E-state index < -0.39 is 6.10 Å². The number of hydrogen-bond acceptors (Lipinski definition) is 4. The molecule has 0 spiro atoms. The second-order valence-corrected chi connectivity index (χ2v) is 3.87. The van der Waals surface area contributed by atoms with Gasteiger partial charge in [0.2, 0.25) is 0 Å². The number of carbonyl (C=O) groups is 1. The van der Waals surface area contributed by atoms with E-state index in [1.807, 2.05) is 0 Å². The van der Waals surface area contributed by atoms with Crippen molar-refractivity contribution in [2.75, 3.05) is 13.2 Å². The molecule has 0 saturated heterocycles. The molecule has 0 aromatic heterocycles. The fraction of sp³-hybridized carbons (Fsp3) is 0.462. The van der Waals surface area contributed by atoms with Gasteiger partial charge >= 0.3 is 0 Å². The molecule has 4 nitrogen and oxygen atoms in total. The molecule has 1 aromatic carbocycles. The van der Waals surface area contributed by atoms with Crippen LogP contribution in [0.4, 0.5) is 0 Å². The van der Waals surface area contributed by atoms with Crippen LogP contribution in [-0.2, 0) is 0 Å². The Morgan fingerprint density at radius 2 is 2.18 bits per heavy atom. The number of hydrogen-bond donors (Lipinski definition) is 2. The van der Waals surface area contributed by atoms with Crippen molar-refractivity contribution in [1.82, 2.24) is 0 Å². The van der Waals surface area contributed by atoms with E-state index >= 15 is 0 Å². The molecule has 0 unspecified atom stereocenters. The molecule has 1 aromatic rings. The number of benzene rings is 1. The van der Waals surface area contributed by atoms with Gasteiger partial charge in [0, 0.05) is 5.56 Å². The summed E-state index contributed by atoms with van der Waals surface area (Å²) < 4.78 is 5.46. The monoisotopic (exact) mass is 238 g/mol. The molecule has 0 aliphatic carbocycles. The molecule has 0 aliphatic heterocycles. The quantitative estimate of drug-likeness (QED) is 0.530. The first-order chi connectivity index (χ1) is 8.26. The number of carbonyl (C=O) groups excluding carboxylic acids is 1. The largest absolute Gasteiger partial charge is 0.494 e. The minimum atomic E-state index is -0.631. The summed E-state index contributed by atoms with van der Waals surface area (Å²) in [7, 11) is 0. The van der Waals surface area contributed by atoms with Crippen molar-refractivity contribution in [3.63, 3.8) is 0 Å². The number of rotatable bonds is 8. The molecular weight excluding hydrogens is 220 g/mol.